The Morgan fingerprint density at radius 3 is 2.55 bits per heavy atom. The molecule has 1 aromatic heterocycles. The van der Waals surface area contributed by atoms with Crippen LogP contribution in [0.15, 0.2) is 29.6 Å². The van der Waals surface area contributed by atoms with Gasteiger partial charge in [0, 0.05) is 4.70 Å². The van der Waals surface area contributed by atoms with Crippen LogP contribution < -0.4 is 5.14 Å². The van der Waals surface area contributed by atoms with Crippen molar-refractivity contribution in [2.75, 3.05) is 0 Å². The predicted molar refractivity (Wildman–Crippen MR) is 86.7 cm³/mol. The van der Waals surface area contributed by atoms with Crippen LogP contribution in [-0.2, 0) is 21.5 Å². The third kappa shape index (κ3) is 3.96. The van der Waals surface area contributed by atoms with Crippen LogP contribution in [0.25, 0.3) is 10.1 Å². The lowest BCUT2D eigenvalue weighted by atomic mass is 10.2. The summed E-state index contributed by atoms with van der Waals surface area (Å²) in [5.74, 6) is 0. The molecule has 0 bridgehead atoms. The molecular weight excluding hydrogens is 324 g/mol. The Labute approximate surface area is 133 Å². The topological polar surface area (TPSA) is 89.7 Å². The van der Waals surface area contributed by atoms with Crippen molar-refractivity contribution in [3.63, 3.8) is 0 Å². The first-order chi connectivity index (χ1) is 10.1. The highest BCUT2D eigenvalue weighted by molar-refractivity contribution is 7.87. The molecule has 0 unspecified atom stereocenters. The average molecular weight is 342 g/mol. The highest BCUT2D eigenvalue weighted by Gasteiger charge is 2.30. The fraction of sp³-hybridized carbons (Fsp3) is 0.357. The van der Waals surface area contributed by atoms with Gasteiger partial charge in [0.15, 0.2) is 0 Å². The van der Waals surface area contributed by atoms with Crippen LogP contribution in [0, 0.1) is 0 Å². The lowest BCUT2D eigenvalue weighted by Gasteiger charge is -2.25. The van der Waals surface area contributed by atoms with E-state index in [2.05, 4.69) is 0 Å². The van der Waals surface area contributed by atoms with Crippen molar-refractivity contribution < 1.29 is 17.9 Å². The Kier molecular flexibility index (Phi) is 4.46. The maximum atomic E-state index is 12.1. The van der Waals surface area contributed by atoms with Crippen molar-refractivity contribution >= 4 is 37.7 Å². The number of thiophene rings is 1. The van der Waals surface area contributed by atoms with E-state index in [9.17, 15) is 13.2 Å². The first kappa shape index (κ1) is 16.7. The molecule has 6 nitrogen and oxygen atoms in total. The van der Waals surface area contributed by atoms with E-state index in [1.54, 1.807) is 20.8 Å². The highest BCUT2D eigenvalue weighted by atomic mass is 32.2. The number of fused-ring (bicyclic) bond motifs is 1. The fourth-order valence-electron chi connectivity index (χ4n) is 1.88. The molecule has 0 spiro atoms. The second kappa shape index (κ2) is 5.86. The van der Waals surface area contributed by atoms with Gasteiger partial charge in [-0.25, -0.2) is 9.93 Å². The zero-order valence-corrected chi connectivity index (χ0v) is 14.2. The lowest BCUT2D eigenvalue weighted by Crippen LogP contribution is -2.43. The minimum Gasteiger partial charge on any atom is -0.443 e. The Balaban J connectivity index is 2.34. The second-order valence-corrected chi connectivity index (χ2v) is 8.17. The molecule has 0 saturated heterocycles. The molecule has 0 fully saturated rings. The van der Waals surface area contributed by atoms with E-state index in [4.69, 9.17) is 9.88 Å². The molecule has 0 radical (unpaired) electrons. The molecule has 1 aromatic carbocycles. The predicted octanol–water partition coefficient (Wildman–Crippen LogP) is 2.84. The van der Waals surface area contributed by atoms with Crippen LogP contribution in [0.4, 0.5) is 4.79 Å². The molecule has 22 heavy (non-hydrogen) atoms. The Morgan fingerprint density at radius 1 is 1.32 bits per heavy atom. The van der Waals surface area contributed by atoms with E-state index in [1.807, 2.05) is 29.6 Å². The normalized spacial score (nSPS) is 12.4. The molecule has 0 saturated carbocycles. The summed E-state index contributed by atoms with van der Waals surface area (Å²) in [5, 5.41) is 7.87. The van der Waals surface area contributed by atoms with Crippen LogP contribution in [0.2, 0.25) is 0 Å². The van der Waals surface area contributed by atoms with Crippen molar-refractivity contribution in [3.8, 4) is 0 Å². The van der Waals surface area contributed by atoms with Gasteiger partial charge in [0.05, 0.1) is 6.54 Å². The number of amides is 1. The standard InChI is InChI=1S/C14H18N2O4S2/c1-14(2,3)20-13(17)16(22(15,18)19)8-10-9-21-12-7-5-4-6-11(10)12/h4-7,9H,8H2,1-3H3,(H2,15,18,19). The molecule has 2 aromatic rings. The van der Waals surface area contributed by atoms with Gasteiger partial charge >= 0.3 is 16.3 Å². The largest absolute Gasteiger partial charge is 0.443 e. The zero-order chi connectivity index (χ0) is 16.5. The maximum Gasteiger partial charge on any atom is 0.425 e. The number of carbonyl (C=O) groups is 1. The molecule has 0 aliphatic carbocycles. The molecule has 120 valence electrons. The molecule has 0 aliphatic heterocycles. The number of benzene rings is 1. The lowest BCUT2D eigenvalue weighted by molar-refractivity contribution is 0.0382. The van der Waals surface area contributed by atoms with Crippen molar-refractivity contribution in [2.45, 2.75) is 32.9 Å². The Hall–Kier alpha value is -1.64. The fourth-order valence-corrected chi connectivity index (χ4v) is 3.40. The summed E-state index contributed by atoms with van der Waals surface area (Å²) in [6.07, 6.45) is -0.981. The van der Waals surface area contributed by atoms with Gasteiger partial charge in [-0.15, -0.1) is 11.3 Å². The van der Waals surface area contributed by atoms with E-state index in [0.29, 0.717) is 9.87 Å². The molecule has 1 heterocycles. The Bertz CT molecular complexity index is 791. The number of hydrogen-bond donors (Lipinski definition) is 1. The number of carbonyl (C=O) groups excluding carboxylic acids is 1. The number of nitrogens with two attached hydrogens (primary N) is 1. The summed E-state index contributed by atoms with van der Waals surface area (Å²) >= 11 is 1.48. The van der Waals surface area contributed by atoms with Crippen LogP contribution in [-0.4, -0.2) is 24.4 Å². The van der Waals surface area contributed by atoms with Gasteiger partial charge in [-0.3, -0.25) is 0 Å². The minimum atomic E-state index is -4.22. The van der Waals surface area contributed by atoms with E-state index in [0.717, 1.165) is 10.1 Å². The molecule has 0 aliphatic rings. The summed E-state index contributed by atoms with van der Waals surface area (Å²) in [6, 6.07) is 7.55. The highest BCUT2D eigenvalue weighted by Crippen LogP contribution is 2.27. The maximum absolute atomic E-state index is 12.1. The molecule has 2 rings (SSSR count). The van der Waals surface area contributed by atoms with E-state index >= 15 is 0 Å². The smallest absolute Gasteiger partial charge is 0.425 e. The Morgan fingerprint density at radius 2 is 1.95 bits per heavy atom. The van der Waals surface area contributed by atoms with Gasteiger partial charge in [-0.1, -0.05) is 18.2 Å². The summed E-state index contributed by atoms with van der Waals surface area (Å²) < 4.78 is 30.1. The van der Waals surface area contributed by atoms with Gasteiger partial charge < -0.3 is 4.74 Å². The third-order valence-corrected chi connectivity index (χ3v) is 4.68. The second-order valence-electron chi connectivity index (χ2n) is 5.79. The van der Waals surface area contributed by atoms with Gasteiger partial charge in [0.1, 0.15) is 5.60 Å². The van der Waals surface area contributed by atoms with E-state index < -0.39 is 21.9 Å². The first-order valence-electron chi connectivity index (χ1n) is 6.56. The average Bonchev–Trinajstić information content (AvgIpc) is 2.75. The van der Waals surface area contributed by atoms with Crippen molar-refractivity contribution in [2.24, 2.45) is 5.14 Å². The number of nitrogens with zero attached hydrogens (tertiary/aromatic N) is 1. The third-order valence-electron chi connectivity index (χ3n) is 2.78. The van der Waals surface area contributed by atoms with Gasteiger partial charge in [-0.05, 0) is 43.2 Å². The number of ether oxygens (including phenoxy) is 1. The quantitative estimate of drug-likeness (QED) is 0.928. The number of hydrogen-bond acceptors (Lipinski definition) is 5. The van der Waals surface area contributed by atoms with Crippen molar-refractivity contribution in [1.29, 1.82) is 0 Å². The minimum absolute atomic E-state index is 0.155. The summed E-state index contributed by atoms with van der Waals surface area (Å²) in [4.78, 5) is 12.1. The molecule has 2 N–H and O–H groups in total. The van der Waals surface area contributed by atoms with Gasteiger partial charge in [0.2, 0.25) is 0 Å². The van der Waals surface area contributed by atoms with Crippen LogP contribution in [0.3, 0.4) is 0 Å². The van der Waals surface area contributed by atoms with Gasteiger partial charge in [0.25, 0.3) is 0 Å². The van der Waals surface area contributed by atoms with Gasteiger partial charge in [-0.2, -0.15) is 12.7 Å². The van der Waals surface area contributed by atoms with E-state index in [1.165, 1.54) is 11.3 Å². The summed E-state index contributed by atoms with van der Waals surface area (Å²) in [6.45, 7) is 4.82. The molecule has 1 amide bonds. The summed E-state index contributed by atoms with van der Waals surface area (Å²) in [5.41, 5.74) is -0.100. The first-order valence-corrected chi connectivity index (χ1v) is 8.95. The molecule has 8 heteroatoms. The SMILES string of the molecule is CC(C)(C)OC(=O)N(Cc1csc2ccccc12)S(N)(=O)=O. The van der Waals surface area contributed by atoms with Crippen molar-refractivity contribution in [1.82, 2.24) is 4.31 Å². The van der Waals surface area contributed by atoms with E-state index in [-0.39, 0.29) is 6.54 Å². The van der Waals surface area contributed by atoms with Crippen LogP contribution >= 0.6 is 11.3 Å². The monoisotopic (exact) mass is 342 g/mol. The summed E-state index contributed by atoms with van der Waals surface area (Å²) in [7, 11) is -4.22. The van der Waals surface area contributed by atoms with Crippen molar-refractivity contribution in [3.05, 3.63) is 35.2 Å². The number of rotatable bonds is 3. The molecule has 0 atom stereocenters. The zero-order valence-electron chi connectivity index (χ0n) is 12.6. The van der Waals surface area contributed by atoms with Crippen LogP contribution in [0.1, 0.15) is 26.3 Å². The molecular formula is C14H18N2O4S2. The van der Waals surface area contributed by atoms with Crippen LogP contribution in [0.5, 0.6) is 0 Å².